The van der Waals surface area contributed by atoms with Crippen molar-refractivity contribution in [3.63, 3.8) is 0 Å². The molecule has 86 valence electrons. The summed E-state index contributed by atoms with van der Waals surface area (Å²) in [7, 11) is 0. The van der Waals surface area contributed by atoms with Crippen LogP contribution in [-0.2, 0) is 0 Å². The summed E-state index contributed by atoms with van der Waals surface area (Å²) < 4.78 is 0. The van der Waals surface area contributed by atoms with Crippen LogP contribution in [0.1, 0.15) is 37.4 Å². The van der Waals surface area contributed by atoms with Gasteiger partial charge < -0.3 is 5.32 Å². The highest BCUT2D eigenvalue weighted by atomic mass is 35.5. The molecule has 0 aliphatic rings. The zero-order valence-corrected chi connectivity index (χ0v) is 10.9. The highest BCUT2D eigenvalue weighted by molar-refractivity contribution is 6.31. The van der Waals surface area contributed by atoms with Crippen LogP contribution >= 0.6 is 11.6 Å². The molecule has 0 aliphatic heterocycles. The van der Waals surface area contributed by atoms with E-state index in [9.17, 15) is 0 Å². The van der Waals surface area contributed by atoms with Crippen LogP contribution in [0, 0.1) is 18.8 Å². The summed E-state index contributed by atoms with van der Waals surface area (Å²) in [5.74, 6) is 6.04. The number of hydrogen-bond donors (Lipinski definition) is 1. The topological polar surface area (TPSA) is 12.0 Å². The van der Waals surface area contributed by atoms with Crippen molar-refractivity contribution in [2.75, 3.05) is 6.54 Å². The minimum absolute atomic E-state index is 0.274. The van der Waals surface area contributed by atoms with E-state index in [-0.39, 0.29) is 6.04 Å². The fourth-order valence-corrected chi connectivity index (χ4v) is 1.77. The smallest absolute Gasteiger partial charge is 0.0438 e. The largest absolute Gasteiger partial charge is 0.309 e. The van der Waals surface area contributed by atoms with Gasteiger partial charge in [-0.2, -0.15) is 0 Å². The predicted molar refractivity (Wildman–Crippen MR) is 70.7 cm³/mol. The number of hydrogen-bond acceptors (Lipinski definition) is 1. The van der Waals surface area contributed by atoms with Crippen LogP contribution in [-0.4, -0.2) is 6.54 Å². The van der Waals surface area contributed by atoms with Gasteiger partial charge in [-0.1, -0.05) is 30.7 Å². The number of aryl methyl sites for hydroxylation is 1. The fraction of sp³-hybridized carbons (Fsp3) is 0.429. The van der Waals surface area contributed by atoms with Gasteiger partial charge in [-0.05, 0) is 37.6 Å². The van der Waals surface area contributed by atoms with Gasteiger partial charge in [-0.15, -0.1) is 11.8 Å². The van der Waals surface area contributed by atoms with Gasteiger partial charge in [0.05, 0.1) is 0 Å². The monoisotopic (exact) mass is 235 g/mol. The molecule has 0 heterocycles. The summed E-state index contributed by atoms with van der Waals surface area (Å²) in [4.78, 5) is 0. The third-order valence-electron chi connectivity index (χ3n) is 2.53. The van der Waals surface area contributed by atoms with Crippen LogP contribution < -0.4 is 5.32 Å². The van der Waals surface area contributed by atoms with E-state index in [0.717, 1.165) is 23.6 Å². The number of nitrogens with one attached hydrogen (secondary N) is 1. The lowest BCUT2D eigenvalue weighted by atomic mass is 10.0. The lowest BCUT2D eigenvalue weighted by molar-refractivity contribution is 0.565. The van der Waals surface area contributed by atoms with Gasteiger partial charge >= 0.3 is 0 Å². The second-order valence-corrected chi connectivity index (χ2v) is 4.16. The average Bonchev–Trinajstić information content (AvgIpc) is 2.28. The third kappa shape index (κ3) is 3.56. The molecular formula is C14H18ClN. The van der Waals surface area contributed by atoms with E-state index in [1.54, 1.807) is 0 Å². The molecule has 0 saturated heterocycles. The molecule has 0 aromatic heterocycles. The Hall–Kier alpha value is -0.970. The van der Waals surface area contributed by atoms with Crippen molar-refractivity contribution in [2.45, 2.75) is 33.2 Å². The molecule has 1 aromatic carbocycles. The van der Waals surface area contributed by atoms with E-state index in [2.05, 4.69) is 36.2 Å². The van der Waals surface area contributed by atoms with Crippen molar-refractivity contribution in [1.82, 2.24) is 5.32 Å². The molecule has 16 heavy (non-hydrogen) atoms. The van der Waals surface area contributed by atoms with Crippen LogP contribution in [0.3, 0.4) is 0 Å². The van der Waals surface area contributed by atoms with Crippen LogP contribution in [0.15, 0.2) is 18.2 Å². The highest BCUT2D eigenvalue weighted by Crippen LogP contribution is 2.23. The molecule has 2 heteroatoms. The normalized spacial score (nSPS) is 11.8. The van der Waals surface area contributed by atoms with Gasteiger partial charge in [0, 0.05) is 17.5 Å². The van der Waals surface area contributed by atoms with Crippen molar-refractivity contribution in [3.8, 4) is 11.8 Å². The van der Waals surface area contributed by atoms with Crippen molar-refractivity contribution in [2.24, 2.45) is 0 Å². The predicted octanol–water partition coefficient (Wildman–Crippen LogP) is 3.71. The zero-order chi connectivity index (χ0) is 12.0. The van der Waals surface area contributed by atoms with Crippen LogP contribution in [0.5, 0.6) is 0 Å². The molecule has 1 aromatic rings. The molecule has 0 amide bonds. The SMILES string of the molecule is CC#CCC(NCC)c1ccc(C)c(Cl)c1. The molecule has 1 rings (SSSR count). The maximum absolute atomic E-state index is 6.13. The van der Waals surface area contributed by atoms with E-state index < -0.39 is 0 Å². The van der Waals surface area contributed by atoms with Crippen molar-refractivity contribution in [1.29, 1.82) is 0 Å². The van der Waals surface area contributed by atoms with E-state index in [1.807, 2.05) is 19.9 Å². The van der Waals surface area contributed by atoms with Gasteiger partial charge in [0.15, 0.2) is 0 Å². The molecule has 0 saturated carbocycles. The van der Waals surface area contributed by atoms with E-state index >= 15 is 0 Å². The van der Waals surface area contributed by atoms with Gasteiger partial charge in [-0.3, -0.25) is 0 Å². The fourth-order valence-electron chi connectivity index (χ4n) is 1.58. The Morgan fingerprint density at radius 3 is 2.75 bits per heavy atom. The molecule has 1 atom stereocenters. The highest BCUT2D eigenvalue weighted by Gasteiger charge is 2.09. The average molecular weight is 236 g/mol. The first-order valence-electron chi connectivity index (χ1n) is 5.58. The second kappa shape index (κ2) is 6.58. The molecule has 1 nitrogen and oxygen atoms in total. The molecule has 0 bridgehead atoms. The Kier molecular flexibility index (Phi) is 5.38. The van der Waals surface area contributed by atoms with Gasteiger partial charge in [0.1, 0.15) is 0 Å². The number of benzene rings is 1. The summed E-state index contributed by atoms with van der Waals surface area (Å²) in [6.45, 7) is 6.91. The minimum Gasteiger partial charge on any atom is -0.309 e. The molecule has 0 radical (unpaired) electrons. The summed E-state index contributed by atoms with van der Waals surface area (Å²) in [6, 6.07) is 6.48. The third-order valence-corrected chi connectivity index (χ3v) is 2.94. The number of rotatable bonds is 4. The van der Waals surface area contributed by atoms with Crippen molar-refractivity contribution in [3.05, 3.63) is 34.3 Å². The van der Waals surface area contributed by atoms with E-state index in [0.29, 0.717) is 0 Å². The molecule has 0 aliphatic carbocycles. The lowest BCUT2D eigenvalue weighted by Gasteiger charge is -2.16. The molecular weight excluding hydrogens is 218 g/mol. The van der Waals surface area contributed by atoms with Crippen molar-refractivity contribution < 1.29 is 0 Å². The molecule has 0 fully saturated rings. The summed E-state index contributed by atoms with van der Waals surface area (Å²) in [5.41, 5.74) is 2.32. The van der Waals surface area contributed by atoms with E-state index in [4.69, 9.17) is 11.6 Å². The maximum Gasteiger partial charge on any atom is 0.0438 e. The van der Waals surface area contributed by atoms with Crippen LogP contribution in [0.25, 0.3) is 0 Å². The standard InChI is InChI=1S/C14H18ClN/c1-4-6-7-14(16-5-2)12-9-8-11(3)13(15)10-12/h8-10,14,16H,5,7H2,1-3H3. The molecule has 1 unspecified atom stereocenters. The minimum atomic E-state index is 0.274. The summed E-state index contributed by atoms with van der Waals surface area (Å²) >= 11 is 6.13. The van der Waals surface area contributed by atoms with Gasteiger partial charge in [0.2, 0.25) is 0 Å². The van der Waals surface area contributed by atoms with E-state index in [1.165, 1.54) is 5.56 Å². The first-order valence-corrected chi connectivity index (χ1v) is 5.95. The molecule has 0 spiro atoms. The van der Waals surface area contributed by atoms with Crippen molar-refractivity contribution >= 4 is 11.6 Å². The Labute approximate surface area is 103 Å². The number of halogens is 1. The Morgan fingerprint density at radius 1 is 1.44 bits per heavy atom. The Morgan fingerprint density at radius 2 is 2.19 bits per heavy atom. The summed E-state index contributed by atoms with van der Waals surface area (Å²) in [6.07, 6.45) is 0.823. The maximum atomic E-state index is 6.13. The van der Waals surface area contributed by atoms with Crippen LogP contribution in [0.4, 0.5) is 0 Å². The molecule has 1 N–H and O–H groups in total. The van der Waals surface area contributed by atoms with Gasteiger partial charge in [0.25, 0.3) is 0 Å². The first-order chi connectivity index (χ1) is 7.69. The quantitative estimate of drug-likeness (QED) is 0.785. The van der Waals surface area contributed by atoms with Crippen LogP contribution in [0.2, 0.25) is 5.02 Å². The zero-order valence-electron chi connectivity index (χ0n) is 10.1. The lowest BCUT2D eigenvalue weighted by Crippen LogP contribution is -2.20. The second-order valence-electron chi connectivity index (χ2n) is 3.75. The summed E-state index contributed by atoms with van der Waals surface area (Å²) in [5, 5.41) is 4.24. The van der Waals surface area contributed by atoms with Gasteiger partial charge in [-0.25, -0.2) is 0 Å². The first kappa shape index (κ1) is 13.1. The Balaban J connectivity index is 2.89. The Bertz CT molecular complexity index is 401.